The maximum atomic E-state index is 12.0. The molecule has 5 N–H and O–H groups in total. The van der Waals surface area contributed by atoms with E-state index in [4.69, 9.17) is 9.47 Å². The Kier molecular flexibility index (Phi) is 12.0. The normalized spacial score (nSPS) is 24.8. The second-order valence-electron chi connectivity index (χ2n) is 14.9. The number of aromatic hydroxyl groups is 1. The number of hydrogen-bond donors (Lipinski definition) is 5. The lowest BCUT2D eigenvalue weighted by Crippen LogP contribution is -2.65. The van der Waals surface area contributed by atoms with Crippen LogP contribution in [-0.2, 0) is 16.9 Å². The number of nitrogens with one attached hydrogen (secondary N) is 1. The maximum Gasteiger partial charge on any atom is 0.121 e. The van der Waals surface area contributed by atoms with Crippen LogP contribution >= 0.6 is 0 Å². The van der Waals surface area contributed by atoms with Crippen LogP contribution in [-0.4, -0.2) is 77.0 Å². The highest BCUT2D eigenvalue weighted by molar-refractivity contribution is 5.36. The second-order valence-corrected chi connectivity index (χ2v) is 14.9. The molecule has 1 saturated carbocycles. The van der Waals surface area contributed by atoms with Crippen LogP contribution in [0.25, 0.3) is 0 Å². The van der Waals surface area contributed by atoms with Gasteiger partial charge < -0.3 is 39.7 Å². The number of rotatable bonds is 17. The van der Waals surface area contributed by atoms with E-state index >= 15 is 0 Å². The standard InChI is InChI=1S/C41H56N2O6/c1-2-37(42-26-39(46)32-15-18-38(45)33(25-32)28-44)30-13-16-36(17-14-30)48-24-8-21-43-22-19-31(20-23-43)40(27-43)49-29-41(47,35-11-6-7-12-35)34-9-4-3-5-10-34/h3-5,9-10,13-18,25,31,35,37,39-40,42,44,46-47H,2,6-8,11-12,19-24,26-29H2,1H3/p+1/t31?,37-,39-,40-,41+,43?/m0/s1. The number of phenols is 1. The van der Waals surface area contributed by atoms with Gasteiger partial charge in [-0.15, -0.1) is 0 Å². The minimum Gasteiger partial charge on any atom is -0.508 e. The summed E-state index contributed by atoms with van der Waals surface area (Å²) >= 11 is 0. The lowest BCUT2D eigenvalue weighted by atomic mass is 9.80. The number of aliphatic hydroxyl groups is 3. The Labute approximate surface area is 292 Å². The molecule has 0 spiro atoms. The fourth-order valence-corrected chi connectivity index (χ4v) is 8.72. The van der Waals surface area contributed by atoms with Crippen molar-refractivity contribution in [1.82, 2.24) is 5.32 Å². The van der Waals surface area contributed by atoms with Crippen LogP contribution in [0.2, 0.25) is 0 Å². The quantitative estimate of drug-likeness (QED) is 0.0866. The fourth-order valence-electron chi connectivity index (χ4n) is 8.72. The first-order chi connectivity index (χ1) is 23.8. The molecule has 266 valence electrons. The number of fused-ring (bicyclic) bond motifs is 3. The number of quaternary nitrogens is 1. The van der Waals surface area contributed by atoms with E-state index in [0.29, 0.717) is 36.8 Å². The molecule has 49 heavy (non-hydrogen) atoms. The monoisotopic (exact) mass is 673 g/mol. The van der Waals surface area contributed by atoms with Gasteiger partial charge in [-0.25, -0.2) is 0 Å². The summed E-state index contributed by atoms with van der Waals surface area (Å²) in [7, 11) is 0. The van der Waals surface area contributed by atoms with Gasteiger partial charge in [0, 0.05) is 43.3 Å². The van der Waals surface area contributed by atoms with E-state index in [1.165, 1.54) is 44.8 Å². The van der Waals surface area contributed by atoms with Gasteiger partial charge in [0.1, 0.15) is 29.7 Å². The average Bonchev–Trinajstić information content (AvgIpc) is 3.70. The number of nitrogens with zero attached hydrogens (tertiary/aromatic N) is 1. The third kappa shape index (κ3) is 8.50. The van der Waals surface area contributed by atoms with Crippen molar-refractivity contribution >= 4 is 0 Å². The third-order valence-corrected chi connectivity index (χ3v) is 11.8. The highest BCUT2D eigenvalue weighted by Crippen LogP contribution is 2.43. The van der Waals surface area contributed by atoms with Crippen molar-refractivity contribution in [1.29, 1.82) is 0 Å². The molecule has 8 nitrogen and oxygen atoms in total. The molecule has 4 aliphatic rings. The Morgan fingerprint density at radius 2 is 1.65 bits per heavy atom. The molecule has 3 aliphatic heterocycles. The first-order valence-corrected chi connectivity index (χ1v) is 18.6. The highest BCUT2D eigenvalue weighted by Gasteiger charge is 2.48. The maximum absolute atomic E-state index is 12.0. The van der Waals surface area contributed by atoms with Crippen molar-refractivity contribution in [2.24, 2.45) is 11.8 Å². The Balaban J connectivity index is 0.964. The third-order valence-electron chi connectivity index (χ3n) is 11.8. The number of ether oxygens (including phenoxy) is 2. The molecule has 0 amide bonds. The zero-order valence-electron chi connectivity index (χ0n) is 29.2. The summed E-state index contributed by atoms with van der Waals surface area (Å²) in [6.07, 6.45) is 8.22. The molecular weight excluding hydrogens is 616 g/mol. The number of piperidine rings is 3. The Morgan fingerprint density at radius 1 is 0.939 bits per heavy atom. The summed E-state index contributed by atoms with van der Waals surface area (Å²) < 4.78 is 14.0. The highest BCUT2D eigenvalue weighted by atomic mass is 16.5. The molecule has 0 aromatic heterocycles. The summed E-state index contributed by atoms with van der Waals surface area (Å²) in [5.41, 5.74) is 2.29. The zero-order chi connectivity index (χ0) is 34.3. The lowest BCUT2D eigenvalue weighted by molar-refractivity contribution is -0.946. The SMILES string of the molecule is CC[C@H](NC[C@H](O)c1ccc(O)c(CO)c1)c1ccc(OCCC[N+]23CCC(CC2)[C@@H](OC[C@@](O)(c2ccccc2)C2CCCC2)C3)cc1. The van der Waals surface area contributed by atoms with Crippen molar-refractivity contribution in [3.8, 4) is 11.5 Å². The van der Waals surface area contributed by atoms with Crippen molar-refractivity contribution in [3.05, 3.63) is 95.1 Å². The van der Waals surface area contributed by atoms with E-state index in [1.54, 1.807) is 12.1 Å². The summed E-state index contributed by atoms with van der Waals surface area (Å²) in [6, 6.07) is 23.4. The van der Waals surface area contributed by atoms with Crippen LogP contribution in [0.15, 0.2) is 72.8 Å². The molecule has 7 rings (SSSR count). The zero-order valence-corrected chi connectivity index (χ0v) is 29.2. The molecule has 3 aromatic rings. The number of benzene rings is 3. The first-order valence-electron chi connectivity index (χ1n) is 18.6. The van der Waals surface area contributed by atoms with Gasteiger partial charge in [-0.05, 0) is 66.1 Å². The lowest BCUT2D eigenvalue weighted by Gasteiger charge is -2.53. The van der Waals surface area contributed by atoms with Crippen LogP contribution in [0.3, 0.4) is 0 Å². The van der Waals surface area contributed by atoms with Crippen LogP contribution in [0.4, 0.5) is 0 Å². The van der Waals surface area contributed by atoms with Gasteiger partial charge in [-0.2, -0.15) is 0 Å². The van der Waals surface area contributed by atoms with Crippen LogP contribution in [0.1, 0.15) is 92.7 Å². The molecule has 1 aliphatic carbocycles. The fraction of sp³-hybridized carbons (Fsp3) is 0.561. The molecule has 0 radical (unpaired) electrons. The van der Waals surface area contributed by atoms with E-state index < -0.39 is 11.7 Å². The summed E-state index contributed by atoms with van der Waals surface area (Å²) in [4.78, 5) is 0. The van der Waals surface area contributed by atoms with Crippen molar-refractivity contribution in [2.75, 3.05) is 45.9 Å². The summed E-state index contributed by atoms with van der Waals surface area (Å²) in [5, 5.41) is 45.5. The van der Waals surface area contributed by atoms with E-state index in [-0.39, 0.29) is 30.4 Å². The molecule has 8 heteroatoms. The van der Waals surface area contributed by atoms with Gasteiger partial charge >= 0.3 is 0 Å². The van der Waals surface area contributed by atoms with Gasteiger partial charge in [0.15, 0.2) is 0 Å². The molecule has 4 fully saturated rings. The minimum absolute atomic E-state index is 0.0296. The number of aliphatic hydroxyl groups excluding tert-OH is 2. The number of hydrogen-bond acceptors (Lipinski definition) is 7. The molecule has 3 aromatic carbocycles. The van der Waals surface area contributed by atoms with Gasteiger partial charge in [0.2, 0.25) is 0 Å². The van der Waals surface area contributed by atoms with Crippen LogP contribution in [0.5, 0.6) is 11.5 Å². The van der Waals surface area contributed by atoms with E-state index in [9.17, 15) is 20.4 Å². The summed E-state index contributed by atoms with van der Waals surface area (Å²) in [6.45, 7) is 7.79. The molecule has 0 unspecified atom stereocenters. The van der Waals surface area contributed by atoms with Gasteiger partial charge in [0.25, 0.3) is 0 Å². The topological polar surface area (TPSA) is 111 Å². The largest absolute Gasteiger partial charge is 0.508 e. The van der Waals surface area contributed by atoms with Crippen LogP contribution < -0.4 is 10.1 Å². The predicted octanol–water partition coefficient (Wildman–Crippen LogP) is 6.13. The Bertz CT molecular complexity index is 1450. The van der Waals surface area contributed by atoms with E-state index in [1.807, 2.05) is 30.3 Å². The molecule has 2 bridgehead atoms. The van der Waals surface area contributed by atoms with E-state index in [0.717, 1.165) is 60.1 Å². The smallest absolute Gasteiger partial charge is 0.121 e. The Hall–Kier alpha value is -2.98. The van der Waals surface area contributed by atoms with Gasteiger partial charge in [-0.1, -0.05) is 68.3 Å². The molecular formula is C41H57N2O6+. The molecule has 3 heterocycles. The minimum atomic E-state index is -0.911. The first kappa shape index (κ1) is 35.8. The van der Waals surface area contributed by atoms with Gasteiger partial charge in [-0.3, -0.25) is 0 Å². The summed E-state index contributed by atoms with van der Waals surface area (Å²) in [5.74, 6) is 1.75. The van der Waals surface area contributed by atoms with Crippen molar-refractivity contribution in [3.63, 3.8) is 0 Å². The molecule has 4 atom stereocenters. The predicted molar refractivity (Wildman–Crippen MR) is 191 cm³/mol. The second kappa shape index (κ2) is 16.4. The average molecular weight is 674 g/mol. The van der Waals surface area contributed by atoms with E-state index in [2.05, 4.69) is 36.5 Å². The Morgan fingerprint density at radius 3 is 2.35 bits per heavy atom. The van der Waals surface area contributed by atoms with Crippen molar-refractivity contribution < 1.29 is 34.4 Å². The van der Waals surface area contributed by atoms with Crippen LogP contribution in [0, 0.1) is 11.8 Å². The molecule has 3 saturated heterocycles. The van der Waals surface area contributed by atoms with Gasteiger partial charge in [0.05, 0.1) is 45.6 Å². The van der Waals surface area contributed by atoms with Crippen molar-refractivity contribution in [2.45, 2.75) is 88.7 Å².